The lowest BCUT2D eigenvalue weighted by Crippen LogP contribution is -2.29. The molecule has 1 aliphatic rings. The second kappa shape index (κ2) is 5.61. The van der Waals surface area contributed by atoms with Gasteiger partial charge >= 0.3 is 0 Å². The highest BCUT2D eigenvalue weighted by molar-refractivity contribution is 5.87. The molecule has 4 heteroatoms. The van der Waals surface area contributed by atoms with Gasteiger partial charge in [-0.05, 0) is 25.7 Å². The Morgan fingerprint density at radius 3 is 3.07 bits per heavy atom. The molecule has 0 aliphatic heterocycles. The van der Waals surface area contributed by atoms with Gasteiger partial charge in [0.2, 0.25) is 0 Å². The highest BCUT2D eigenvalue weighted by atomic mass is 16.5. The summed E-state index contributed by atoms with van der Waals surface area (Å²) in [5, 5.41) is 20.6. The fourth-order valence-electron chi connectivity index (χ4n) is 1.95. The van der Waals surface area contributed by atoms with Crippen LogP contribution in [0, 0.1) is 17.2 Å². The van der Waals surface area contributed by atoms with E-state index < -0.39 is 0 Å². The first-order chi connectivity index (χ1) is 6.81. The van der Waals surface area contributed by atoms with Crippen LogP contribution >= 0.6 is 0 Å². The Hall–Kier alpha value is -1.08. The maximum absolute atomic E-state index is 8.78. The second-order valence-electron chi connectivity index (χ2n) is 3.62. The first kappa shape index (κ1) is 11.0. The van der Waals surface area contributed by atoms with E-state index in [9.17, 15) is 0 Å². The lowest BCUT2D eigenvalue weighted by atomic mass is 9.82. The average molecular weight is 196 g/mol. The van der Waals surface area contributed by atoms with Gasteiger partial charge in [0.15, 0.2) is 0 Å². The van der Waals surface area contributed by atoms with Gasteiger partial charge in [-0.2, -0.15) is 5.26 Å². The van der Waals surface area contributed by atoms with Crippen molar-refractivity contribution in [2.45, 2.75) is 38.2 Å². The number of ether oxygens (including phenoxy) is 1. The highest BCUT2D eigenvalue weighted by Crippen LogP contribution is 2.27. The van der Waals surface area contributed by atoms with Crippen molar-refractivity contribution in [2.75, 3.05) is 7.11 Å². The number of oxime groups is 1. The fraction of sp³-hybridized carbons (Fsp3) is 0.800. The zero-order chi connectivity index (χ0) is 10.4. The third-order valence-electron chi connectivity index (χ3n) is 2.81. The number of nitriles is 1. The van der Waals surface area contributed by atoms with Crippen LogP contribution in [-0.2, 0) is 4.74 Å². The summed E-state index contributed by atoms with van der Waals surface area (Å²) in [6.07, 6.45) is 4.11. The summed E-state index contributed by atoms with van der Waals surface area (Å²) in [5.41, 5.74) is 0.827. The van der Waals surface area contributed by atoms with Crippen molar-refractivity contribution in [3.63, 3.8) is 0 Å². The van der Waals surface area contributed by atoms with Crippen molar-refractivity contribution in [1.82, 2.24) is 0 Å². The maximum atomic E-state index is 8.78. The van der Waals surface area contributed by atoms with Gasteiger partial charge in [0, 0.05) is 19.4 Å². The molecular weight excluding hydrogens is 180 g/mol. The molecule has 0 heterocycles. The molecule has 1 saturated carbocycles. The van der Waals surface area contributed by atoms with Gasteiger partial charge in [-0.1, -0.05) is 5.16 Å². The van der Waals surface area contributed by atoms with Crippen LogP contribution in [0.25, 0.3) is 0 Å². The first-order valence-corrected chi connectivity index (χ1v) is 4.92. The molecule has 1 rings (SSSR count). The molecule has 2 atom stereocenters. The van der Waals surface area contributed by atoms with E-state index in [-0.39, 0.29) is 12.0 Å². The van der Waals surface area contributed by atoms with Gasteiger partial charge in [-0.15, -0.1) is 0 Å². The Kier molecular flexibility index (Phi) is 4.41. The van der Waals surface area contributed by atoms with Crippen LogP contribution in [0.15, 0.2) is 5.16 Å². The second-order valence-corrected chi connectivity index (χ2v) is 3.62. The number of methoxy groups -OCH3 is 1. The predicted molar refractivity (Wildman–Crippen MR) is 52.2 cm³/mol. The molecule has 1 aliphatic carbocycles. The van der Waals surface area contributed by atoms with Crippen molar-refractivity contribution < 1.29 is 9.94 Å². The van der Waals surface area contributed by atoms with Crippen LogP contribution in [0.1, 0.15) is 32.1 Å². The van der Waals surface area contributed by atoms with Gasteiger partial charge in [0.1, 0.15) is 0 Å². The van der Waals surface area contributed by atoms with E-state index >= 15 is 0 Å². The van der Waals surface area contributed by atoms with Crippen LogP contribution in [0.4, 0.5) is 0 Å². The number of rotatable bonds is 3. The van der Waals surface area contributed by atoms with Crippen molar-refractivity contribution in [3.8, 4) is 6.07 Å². The summed E-state index contributed by atoms with van der Waals surface area (Å²) in [5.74, 6) is 0.221. The molecule has 4 nitrogen and oxygen atoms in total. The Labute approximate surface area is 84.2 Å². The quantitative estimate of drug-likeness (QED) is 0.554. The molecule has 0 spiro atoms. The minimum Gasteiger partial charge on any atom is -0.411 e. The highest BCUT2D eigenvalue weighted by Gasteiger charge is 2.27. The smallest absolute Gasteiger partial charge is 0.0621 e. The minimum atomic E-state index is 0.221. The SMILES string of the molecule is COC1CCC(=NO)C(CCC#N)C1. The van der Waals surface area contributed by atoms with Crippen molar-refractivity contribution in [1.29, 1.82) is 5.26 Å². The third-order valence-corrected chi connectivity index (χ3v) is 2.81. The van der Waals surface area contributed by atoms with Gasteiger partial charge in [-0.3, -0.25) is 0 Å². The van der Waals surface area contributed by atoms with E-state index in [4.69, 9.17) is 15.2 Å². The van der Waals surface area contributed by atoms with Crippen molar-refractivity contribution in [3.05, 3.63) is 0 Å². The summed E-state index contributed by atoms with van der Waals surface area (Å²) in [4.78, 5) is 0. The molecule has 1 N–H and O–H groups in total. The summed E-state index contributed by atoms with van der Waals surface area (Å²) < 4.78 is 5.27. The molecule has 0 saturated heterocycles. The number of hydrogen-bond donors (Lipinski definition) is 1. The molecule has 0 aromatic heterocycles. The topological polar surface area (TPSA) is 65.6 Å². The van der Waals surface area contributed by atoms with Crippen LogP contribution in [-0.4, -0.2) is 24.1 Å². The van der Waals surface area contributed by atoms with E-state index in [1.54, 1.807) is 7.11 Å². The Balaban J connectivity index is 2.52. The summed E-state index contributed by atoms with van der Waals surface area (Å²) in [6, 6.07) is 2.12. The first-order valence-electron chi connectivity index (χ1n) is 4.92. The molecule has 0 aromatic carbocycles. The third kappa shape index (κ3) is 2.71. The summed E-state index contributed by atoms with van der Waals surface area (Å²) >= 11 is 0. The molecule has 0 amide bonds. The fourth-order valence-corrected chi connectivity index (χ4v) is 1.95. The van der Waals surface area contributed by atoms with E-state index in [0.29, 0.717) is 6.42 Å². The Morgan fingerprint density at radius 1 is 1.71 bits per heavy atom. The van der Waals surface area contributed by atoms with E-state index in [0.717, 1.165) is 31.4 Å². The maximum Gasteiger partial charge on any atom is 0.0621 e. The van der Waals surface area contributed by atoms with Crippen LogP contribution in [0.3, 0.4) is 0 Å². The molecular formula is C10H16N2O2. The average Bonchev–Trinajstić information content (AvgIpc) is 2.25. The lowest BCUT2D eigenvalue weighted by molar-refractivity contribution is 0.0727. The normalized spacial score (nSPS) is 30.1. The summed E-state index contributed by atoms with van der Waals surface area (Å²) in [7, 11) is 1.70. The van der Waals surface area contributed by atoms with Gasteiger partial charge in [0.25, 0.3) is 0 Å². The number of nitrogens with zero attached hydrogens (tertiary/aromatic N) is 2. The van der Waals surface area contributed by atoms with Crippen LogP contribution in [0.5, 0.6) is 0 Å². The Bertz CT molecular complexity index is 245. The predicted octanol–water partition coefficient (Wildman–Crippen LogP) is 1.94. The van der Waals surface area contributed by atoms with Gasteiger partial charge < -0.3 is 9.94 Å². The number of hydrogen-bond acceptors (Lipinski definition) is 4. The molecule has 78 valence electrons. The standard InChI is InChI=1S/C10H16N2O2/c1-14-9-4-5-10(12-13)8(7-9)3-2-6-11/h8-9,13H,2-5,7H2,1H3. The molecule has 0 radical (unpaired) electrons. The van der Waals surface area contributed by atoms with Crippen molar-refractivity contribution >= 4 is 5.71 Å². The van der Waals surface area contributed by atoms with E-state index in [1.165, 1.54) is 0 Å². The molecule has 0 bridgehead atoms. The van der Waals surface area contributed by atoms with E-state index in [1.807, 2.05) is 0 Å². The van der Waals surface area contributed by atoms with Crippen LogP contribution < -0.4 is 0 Å². The van der Waals surface area contributed by atoms with Gasteiger partial charge in [0.05, 0.1) is 17.9 Å². The minimum absolute atomic E-state index is 0.221. The summed E-state index contributed by atoms with van der Waals surface area (Å²) in [6.45, 7) is 0. The molecule has 1 fully saturated rings. The Morgan fingerprint density at radius 2 is 2.50 bits per heavy atom. The zero-order valence-electron chi connectivity index (χ0n) is 8.44. The zero-order valence-corrected chi connectivity index (χ0v) is 8.44. The van der Waals surface area contributed by atoms with Crippen molar-refractivity contribution in [2.24, 2.45) is 11.1 Å². The molecule has 2 unspecified atom stereocenters. The van der Waals surface area contributed by atoms with Crippen LogP contribution in [0.2, 0.25) is 0 Å². The largest absolute Gasteiger partial charge is 0.411 e. The van der Waals surface area contributed by atoms with Gasteiger partial charge in [-0.25, -0.2) is 0 Å². The lowest BCUT2D eigenvalue weighted by Gasteiger charge is -2.28. The molecule has 0 aromatic rings. The van der Waals surface area contributed by atoms with E-state index in [2.05, 4.69) is 11.2 Å². The monoisotopic (exact) mass is 196 g/mol. The molecule has 14 heavy (non-hydrogen) atoms.